The van der Waals surface area contributed by atoms with Gasteiger partial charge >= 0.3 is 0 Å². The second kappa shape index (κ2) is 5.50. The summed E-state index contributed by atoms with van der Waals surface area (Å²) in [7, 11) is 0. The highest BCUT2D eigenvalue weighted by Gasteiger charge is 2.17. The fourth-order valence-corrected chi connectivity index (χ4v) is 1.79. The molecule has 0 aromatic heterocycles. The molecule has 17 heavy (non-hydrogen) atoms. The van der Waals surface area contributed by atoms with Crippen LogP contribution in [0.25, 0.3) is 0 Å². The molecule has 1 aliphatic heterocycles. The van der Waals surface area contributed by atoms with E-state index in [1.54, 1.807) is 6.08 Å². The van der Waals surface area contributed by atoms with Gasteiger partial charge in [-0.05, 0) is 25.0 Å². The molecule has 0 spiro atoms. The Bertz CT molecular complexity index is 420. The number of aliphatic imine (C=N–C) groups is 1. The summed E-state index contributed by atoms with van der Waals surface area (Å²) in [5, 5.41) is 0. The third-order valence-electron chi connectivity index (χ3n) is 2.63. The van der Waals surface area contributed by atoms with Crippen molar-refractivity contribution in [2.75, 3.05) is 6.61 Å². The number of benzene rings is 1. The Morgan fingerprint density at radius 1 is 1.29 bits per heavy atom. The molecule has 0 radical (unpaired) electrons. The van der Waals surface area contributed by atoms with E-state index in [9.17, 15) is 0 Å². The Kier molecular flexibility index (Phi) is 3.77. The molecule has 0 saturated carbocycles. The quantitative estimate of drug-likeness (QED) is 0.614. The molecule has 0 amide bonds. The van der Waals surface area contributed by atoms with E-state index < -0.39 is 0 Å². The van der Waals surface area contributed by atoms with Gasteiger partial charge in [-0.3, -0.25) is 0 Å². The second-order valence-corrected chi connectivity index (χ2v) is 4.02. The molecule has 1 fully saturated rings. The average Bonchev–Trinajstić information content (AvgIpc) is 2.83. The van der Waals surface area contributed by atoms with Gasteiger partial charge in [0, 0.05) is 18.4 Å². The van der Waals surface area contributed by atoms with Gasteiger partial charge in [-0.1, -0.05) is 18.2 Å². The van der Waals surface area contributed by atoms with Crippen molar-refractivity contribution in [1.29, 1.82) is 0 Å². The number of amidine groups is 1. The summed E-state index contributed by atoms with van der Waals surface area (Å²) >= 11 is 0. The summed E-state index contributed by atoms with van der Waals surface area (Å²) in [4.78, 5) is 4.25. The van der Waals surface area contributed by atoms with Crippen LogP contribution in [0.3, 0.4) is 0 Å². The Hall–Kier alpha value is -1.81. The van der Waals surface area contributed by atoms with Gasteiger partial charge in [0.1, 0.15) is 5.84 Å². The van der Waals surface area contributed by atoms with Crippen LogP contribution in [0.15, 0.2) is 47.1 Å². The monoisotopic (exact) mass is 231 g/mol. The van der Waals surface area contributed by atoms with Crippen LogP contribution < -0.4 is 11.5 Å². The van der Waals surface area contributed by atoms with Crippen molar-refractivity contribution < 1.29 is 4.74 Å². The van der Waals surface area contributed by atoms with Gasteiger partial charge in [-0.2, -0.15) is 0 Å². The zero-order chi connectivity index (χ0) is 12.1. The first-order valence-electron chi connectivity index (χ1n) is 5.73. The summed E-state index contributed by atoms with van der Waals surface area (Å²) in [6, 6.07) is 9.55. The molecule has 1 aromatic rings. The van der Waals surface area contributed by atoms with E-state index in [2.05, 4.69) is 4.99 Å². The average molecular weight is 231 g/mol. The lowest BCUT2D eigenvalue weighted by atomic mass is 10.2. The standard InChI is InChI=1S/C13H17N3O/c14-11(12-7-4-8-17-12)9-13(15)16-10-5-2-1-3-6-10/h1-3,5-6,9,12H,4,7-8,14H2,(H2,15,16). The van der Waals surface area contributed by atoms with Crippen molar-refractivity contribution in [2.24, 2.45) is 16.5 Å². The molecule has 1 atom stereocenters. The lowest BCUT2D eigenvalue weighted by Crippen LogP contribution is -2.20. The van der Waals surface area contributed by atoms with E-state index in [0.29, 0.717) is 11.5 Å². The van der Waals surface area contributed by atoms with E-state index in [4.69, 9.17) is 16.2 Å². The summed E-state index contributed by atoms with van der Waals surface area (Å²) in [5.74, 6) is 0.407. The maximum atomic E-state index is 5.91. The predicted molar refractivity (Wildman–Crippen MR) is 69.0 cm³/mol. The van der Waals surface area contributed by atoms with Crippen LogP contribution in [-0.2, 0) is 4.74 Å². The molecule has 0 aliphatic carbocycles. The highest BCUT2D eigenvalue weighted by atomic mass is 16.5. The van der Waals surface area contributed by atoms with Crippen LogP contribution in [0, 0.1) is 0 Å². The molecule has 1 aliphatic rings. The van der Waals surface area contributed by atoms with Crippen molar-refractivity contribution in [1.82, 2.24) is 0 Å². The van der Waals surface area contributed by atoms with Gasteiger partial charge in [0.2, 0.25) is 0 Å². The minimum absolute atomic E-state index is 0.000441. The molecular formula is C13H17N3O. The highest BCUT2D eigenvalue weighted by molar-refractivity contribution is 5.93. The molecule has 4 N–H and O–H groups in total. The number of nitrogens with zero attached hydrogens (tertiary/aromatic N) is 1. The fraction of sp³-hybridized carbons (Fsp3) is 0.308. The van der Waals surface area contributed by atoms with Gasteiger partial charge in [0.25, 0.3) is 0 Å². The Balaban J connectivity index is 2.07. The highest BCUT2D eigenvalue weighted by Crippen LogP contribution is 2.16. The van der Waals surface area contributed by atoms with Crippen molar-refractivity contribution in [3.8, 4) is 0 Å². The molecule has 4 nitrogen and oxygen atoms in total. The first kappa shape index (κ1) is 11.7. The number of rotatable bonds is 3. The van der Waals surface area contributed by atoms with Gasteiger partial charge in [0.05, 0.1) is 11.8 Å². The third kappa shape index (κ3) is 3.32. The van der Waals surface area contributed by atoms with Crippen molar-refractivity contribution in [3.63, 3.8) is 0 Å². The van der Waals surface area contributed by atoms with Crippen LogP contribution in [0.1, 0.15) is 12.8 Å². The SMILES string of the molecule is NC(=CC(N)=Nc1ccccc1)C1CCCO1. The Morgan fingerprint density at radius 2 is 2.06 bits per heavy atom. The van der Waals surface area contributed by atoms with Crippen molar-refractivity contribution in [3.05, 3.63) is 42.1 Å². The van der Waals surface area contributed by atoms with Crippen LogP contribution in [-0.4, -0.2) is 18.5 Å². The zero-order valence-electron chi connectivity index (χ0n) is 9.67. The predicted octanol–water partition coefficient (Wildman–Crippen LogP) is 1.70. The molecule has 4 heteroatoms. The van der Waals surface area contributed by atoms with E-state index in [-0.39, 0.29) is 6.10 Å². The van der Waals surface area contributed by atoms with Crippen LogP contribution in [0.2, 0.25) is 0 Å². The summed E-state index contributed by atoms with van der Waals surface area (Å²) in [6.45, 7) is 0.773. The second-order valence-electron chi connectivity index (χ2n) is 4.02. The van der Waals surface area contributed by atoms with E-state index in [1.165, 1.54) is 0 Å². The normalized spacial score (nSPS) is 21.8. The molecule has 90 valence electrons. The number of hydrogen-bond acceptors (Lipinski definition) is 3. The summed E-state index contributed by atoms with van der Waals surface area (Å²) in [6.07, 6.45) is 3.69. The lowest BCUT2D eigenvalue weighted by Gasteiger charge is -2.09. The number of hydrogen-bond donors (Lipinski definition) is 2. The molecule has 1 heterocycles. The lowest BCUT2D eigenvalue weighted by molar-refractivity contribution is 0.136. The van der Waals surface area contributed by atoms with Gasteiger partial charge < -0.3 is 16.2 Å². The topological polar surface area (TPSA) is 73.6 Å². The molecular weight excluding hydrogens is 214 g/mol. The van der Waals surface area contributed by atoms with Gasteiger partial charge in [-0.25, -0.2) is 4.99 Å². The Labute approximate surface area is 101 Å². The zero-order valence-corrected chi connectivity index (χ0v) is 9.67. The maximum absolute atomic E-state index is 5.91. The van der Waals surface area contributed by atoms with Gasteiger partial charge in [-0.15, -0.1) is 0 Å². The van der Waals surface area contributed by atoms with Crippen LogP contribution >= 0.6 is 0 Å². The molecule has 1 saturated heterocycles. The minimum atomic E-state index is -0.000441. The van der Waals surface area contributed by atoms with Crippen molar-refractivity contribution >= 4 is 11.5 Å². The molecule has 1 aromatic carbocycles. The summed E-state index contributed by atoms with van der Waals surface area (Å²) in [5.41, 5.74) is 13.2. The maximum Gasteiger partial charge on any atom is 0.125 e. The molecule has 2 rings (SSSR count). The van der Waals surface area contributed by atoms with Crippen LogP contribution in [0.4, 0.5) is 5.69 Å². The first-order chi connectivity index (χ1) is 8.25. The summed E-state index contributed by atoms with van der Waals surface area (Å²) < 4.78 is 5.46. The molecule has 0 bridgehead atoms. The fourth-order valence-electron chi connectivity index (χ4n) is 1.79. The van der Waals surface area contributed by atoms with Gasteiger partial charge in [0.15, 0.2) is 0 Å². The number of nitrogens with two attached hydrogens (primary N) is 2. The number of ether oxygens (including phenoxy) is 1. The minimum Gasteiger partial charge on any atom is -0.400 e. The van der Waals surface area contributed by atoms with Crippen molar-refractivity contribution in [2.45, 2.75) is 18.9 Å². The number of para-hydroxylation sites is 1. The van der Waals surface area contributed by atoms with E-state index >= 15 is 0 Å². The van der Waals surface area contributed by atoms with E-state index in [0.717, 1.165) is 25.1 Å². The Morgan fingerprint density at radius 3 is 2.71 bits per heavy atom. The smallest absolute Gasteiger partial charge is 0.125 e. The van der Waals surface area contributed by atoms with E-state index in [1.807, 2.05) is 30.3 Å². The first-order valence-corrected chi connectivity index (χ1v) is 5.73. The largest absolute Gasteiger partial charge is 0.400 e. The molecule has 1 unspecified atom stereocenters. The third-order valence-corrected chi connectivity index (χ3v) is 2.63. The van der Waals surface area contributed by atoms with Crippen LogP contribution in [0.5, 0.6) is 0 Å².